The molecule has 0 heterocycles. The second kappa shape index (κ2) is 5.31. The van der Waals surface area contributed by atoms with E-state index in [2.05, 4.69) is 50.9 Å². The zero-order chi connectivity index (χ0) is 13.3. The Bertz CT molecular complexity index is 408. The number of nitrogens with zero attached hydrogens (tertiary/aromatic N) is 1. The Balaban J connectivity index is 2.24. The van der Waals surface area contributed by atoms with Gasteiger partial charge in [-0.1, -0.05) is 17.7 Å². The van der Waals surface area contributed by atoms with Crippen LogP contribution in [0.3, 0.4) is 0 Å². The van der Waals surface area contributed by atoms with Crippen LogP contribution in [-0.4, -0.2) is 19.1 Å². The van der Waals surface area contributed by atoms with Gasteiger partial charge in [0.25, 0.3) is 0 Å². The largest absolute Gasteiger partial charge is 0.371 e. The zero-order valence-electron chi connectivity index (χ0n) is 12.1. The van der Waals surface area contributed by atoms with E-state index in [1.165, 1.54) is 29.7 Å². The van der Waals surface area contributed by atoms with Gasteiger partial charge in [0.2, 0.25) is 0 Å². The van der Waals surface area contributed by atoms with E-state index < -0.39 is 0 Å². The highest BCUT2D eigenvalue weighted by Gasteiger charge is 2.31. The van der Waals surface area contributed by atoms with Gasteiger partial charge in [-0.25, -0.2) is 0 Å². The maximum atomic E-state index is 5.97. The molecule has 0 bridgehead atoms. The van der Waals surface area contributed by atoms with E-state index in [-0.39, 0.29) is 6.04 Å². The molecule has 1 aliphatic carbocycles. The fraction of sp³-hybridized carbons (Fsp3) is 0.625. The number of rotatable bonds is 5. The Hall–Kier alpha value is -1.02. The Morgan fingerprint density at radius 1 is 1.33 bits per heavy atom. The molecule has 1 saturated carbocycles. The molecule has 1 aromatic carbocycles. The minimum atomic E-state index is 0.218. The van der Waals surface area contributed by atoms with Gasteiger partial charge in [0.05, 0.1) is 0 Å². The summed E-state index contributed by atoms with van der Waals surface area (Å²) in [6.45, 7) is 6.57. The summed E-state index contributed by atoms with van der Waals surface area (Å²) < 4.78 is 0. The number of hydrogen-bond donors (Lipinski definition) is 1. The number of hydrogen-bond acceptors (Lipinski definition) is 2. The highest BCUT2D eigenvalue weighted by molar-refractivity contribution is 5.55. The number of anilines is 1. The molecule has 0 aliphatic heterocycles. The molecule has 1 aliphatic rings. The SMILES string of the molecule is Cc1ccc(N(C)C(C)C2CC2)c(CC(C)N)c1. The smallest absolute Gasteiger partial charge is 0.0399 e. The van der Waals surface area contributed by atoms with Crippen molar-refractivity contribution in [2.24, 2.45) is 11.7 Å². The van der Waals surface area contributed by atoms with Crippen LogP contribution in [0.4, 0.5) is 5.69 Å². The van der Waals surface area contributed by atoms with E-state index in [0.717, 1.165) is 12.3 Å². The van der Waals surface area contributed by atoms with Crippen LogP contribution in [0.25, 0.3) is 0 Å². The normalized spacial score (nSPS) is 18.5. The molecule has 0 radical (unpaired) electrons. The Morgan fingerprint density at radius 2 is 2.00 bits per heavy atom. The molecule has 2 rings (SSSR count). The lowest BCUT2D eigenvalue weighted by Crippen LogP contribution is -2.32. The van der Waals surface area contributed by atoms with Gasteiger partial charge in [-0.05, 0) is 57.6 Å². The van der Waals surface area contributed by atoms with Crippen molar-refractivity contribution in [2.75, 3.05) is 11.9 Å². The van der Waals surface area contributed by atoms with Crippen molar-refractivity contribution in [3.8, 4) is 0 Å². The molecule has 100 valence electrons. The van der Waals surface area contributed by atoms with E-state index in [4.69, 9.17) is 5.73 Å². The van der Waals surface area contributed by atoms with E-state index in [1.807, 2.05) is 0 Å². The first-order valence-corrected chi connectivity index (χ1v) is 7.07. The van der Waals surface area contributed by atoms with Gasteiger partial charge in [0.1, 0.15) is 0 Å². The zero-order valence-corrected chi connectivity index (χ0v) is 12.1. The molecule has 0 spiro atoms. The summed E-state index contributed by atoms with van der Waals surface area (Å²) in [6.07, 6.45) is 3.73. The average molecular weight is 246 g/mol. The van der Waals surface area contributed by atoms with Crippen LogP contribution in [0.1, 0.15) is 37.8 Å². The summed E-state index contributed by atoms with van der Waals surface area (Å²) >= 11 is 0. The minimum Gasteiger partial charge on any atom is -0.371 e. The summed E-state index contributed by atoms with van der Waals surface area (Å²) in [4.78, 5) is 2.44. The first-order chi connectivity index (χ1) is 8.49. The lowest BCUT2D eigenvalue weighted by atomic mass is 10.0. The van der Waals surface area contributed by atoms with Crippen molar-refractivity contribution < 1.29 is 0 Å². The second-order valence-electron chi connectivity index (χ2n) is 6.00. The van der Waals surface area contributed by atoms with Crippen LogP contribution >= 0.6 is 0 Å². The molecule has 18 heavy (non-hydrogen) atoms. The van der Waals surface area contributed by atoms with E-state index >= 15 is 0 Å². The van der Waals surface area contributed by atoms with Gasteiger partial charge < -0.3 is 10.6 Å². The highest BCUT2D eigenvalue weighted by atomic mass is 15.1. The van der Waals surface area contributed by atoms with Crippen molar-refractivity contribution >= 4 is 5.69 Å². The molecule has 2 nitrogen and oxygen atoms in total. The number of benzene rings is 1. The molecule has 0 amide bonds. The summed E-state index contributed by atoms with van der Waals surface area (Å²) in [5.74, 6) is 0.888. The van der Waals surface area contributed by atoms with Gasteiger partial charge in [0, 0.05) is 24.8 Å². The monoisotopic (exact) mass is 246 g/mol. The van der Waals surface area contributed by atoms with Crippen molar-refractivity contribution in [2.45, 2.75) is 52.1 Å². The van der Waals surface area contributed by atoms with Crippen molar-refractivity contribution in [1.29, 1.82) is 0 Å². The van der Waals surface area contributed by atoms with E-state index in [0.29, 0.717) is 6.04 Å². The van der Waals surface area contributed by atoms with Crippen LogP contribution in [0, 0.1) is 12.8 Å². The maximum absolute atomic E-state index is 5.97. The van der Waals surface area contributed by atoms with E-state index in [9.17, 15) is 0 Å². The first-order valence-electron chi connectivity index (χ1n) is 7.07. The van der Waals surface area contributed by atoms with Crippen LogP contribution in [0.2, 0.25) is 0 Å². The Morgan fingerprint density at radius 3 is 2.56 bits per heavy atom. The lowest BCUT2D eigenvalue weighted by Gasteiger charge is -2.30. The van der Waals surface area contributed by atoms with Gasteiger partial charge in [0.15, 0.2) is 0 Å². The Kier molecular flexibility index (Phi) is 3.96. The molecule has 2 unspecified atom stereocenters. The minimum absolute atomic E-state index is 0.218. The van der Waals surface area contributed by atoms with Gasteiger partial charge >= 0.3 is 0 Å². The van der Waals surface area contributed by atoms with Crippen LogP contribution in [0.5, 0.6) is 0 Å². The van der Waals surface area contributed by atoms with Crippen LogP contribution in [0.15, 0.2) is 18.2 Å². The molecule has 1 fully saturated rings. The lowest BCUT2D eigenvalue weighted by molar-refractivity contribution is 0.605. The topological polar surface area (TPSA) is 29.3 Å². The first kappa shape index (κ1) is 13.4. The van der Waals surface area contributed by atoms with Crippen molar-refractivity contribution in [3.63, 3.8) is 0 Å². The van der Waals surface area contributed by atoms with E-state index in [1.54, 1.807) is 0 Å². The molecule has 0 saturated heterocycles. The highest BCUT2D eigenvalue weighted by Crippen LogP contribution is 2.37. The van der Waals surface area contributed by atoms with Crippen molar-refractivity contribution in [3.05, 3.63) is 29.3 Å². The fourth-order valence-corrected chi connectivity index (χ4v) is 2.68. The van der Waals surface area contributed by atoms with Gasteiger partial charge in [-0.3, -0.25) is 0 Å². The molecule has 2 N–H and O–H groups in total. The predicted octanol–water partition coefficient (Wildman–Crippen LogP) is 3.12. The summed E-state index contributed by atoms with van der Waals surface area (Å²) in [7, 11) is 2.22. The van der Waals surface area contributed by atoms with Crippen LogP contribution in [-0.2, 0) is 6.42 Å². The third-order valence-corrected chi connectivity index (χ3v) is 4.07. The summed E-state index contributed by atoms with van der Waals surface area (Å²) in [5.41, 5.74) is 10.0. The molecule has 2 atom stereocenters. The van der Waals surface area contributed by atoms with Crippen molar-refractivity contribution in [1.82, 2.24) is 0 Å². The van der Waals surface area contributed by atoms with Crippen LogP contribution < -0.4 is 10.6 Å². The molecule has 2 heteroatoms. The van der Waals surface area contributed by atoms with Gasteiger partial charge in [-0.15, -0.1) is 0 Å². The quantitative estimate of drug-likeness (QED) is 0.865. The van der Waals surface area contributed by atoms with Gasteiger partial charge in [-0.2, -0.15) is 0 Å². The second-order valence-corrected chi connectivity index (χ2v) is 6.00. The molecule has 1 aromatic rings. The number of nitrogens with two attached hydrogens (primary N) is 1. The fourth-order valence-electron chi connectivity index (χ4n) is 2.68. The Labute approximate surface area is 111 Å². The molecular weight excluding hydrogens is 220 g/mol. The average Bonchev–Trinajstić information content (AvgIpc) is 3.10. The predicted molar refractivity (Wildman–Crippen MR) is 79.1 cm³/mol. The number of aryl methyl sites for hydroxylation is 1. The third-order valence-electron chi connectivity index (χ3n) is 4.07. The standard InChI is InChI=1S/C16H26N2/c1-11-5-8-16(15(9-11)10-12(2)17)18(4)13(3)14-6-7-14/h5,8-9,12-14H,6-7,10,17H2,1-4H3. The molecule has 0 aromatic heterocycles. The maximum Gasteiger partial charge on any atom is 0.0399 e. The third kappa shape index (κ3) is 3.05. The summed E-state index contributed by atoms with van der Waals surface area (Å²) in [6, 6.07) is 7.60. The molecular formula is C16H26N2. The summed E-state index contributed by atoms with van der Waals surface area (Å²) in [5, 5.41) is 0.